The smallest absolute Gasteiger partial charge is 0.294 e. The number of imide groups is 1. The van der Waals surface area contributed by atoms with E-state index in [2.05, 4.69) is 21.2 Å². The lowest BCUT2D eigenvalue weighted by molar-refractivity contribution is -0.127. The number of benzene rings is 3. The molecule has 10 heteroatoms. The average molecular weight is 571 g/mol. The Bertz CT molecular complexity index is 1350. The summed E-state index contributed by atoms with van der Waals surface area (Å²) in [6, 6.07) is 18.1. The van der Waals surface area contributed by atoms with Gasteiger partial charge in [-0.3, -0.25) is 19.3 Å². The Morgan fingerprint density at radius 3 is 2.56 bits per heavy atom. The van der Waals surface area contributed by atoms with Gasteiger partial charge in [-0.15, -0.1) is 0 Å². The first kappa shape index (κ1) is 25.5. The summed E-state index contributed by atoms with van der Waals surface area (Å²) in [4.78, 5) is 38.8. The number of para-hydroxylation sites is 1. The van der Waals surface area contributed by atoms with Gasteiger partial charge in [-0.2, -0.15) is 0 Å². The Hall–Kier alpha value is -3.63. The lowest BCUT2D eigenvalue weighted by Gasteiger charge is -2.13. The zero-order valence-electron chi connectivity index (χ0n) is 19.0. The standard InChI is InChI=1S/C26H20BrFN2O5S/c1-34-22-12-17(8-11-21(22)35-15-16-6-9-18(28)10-7-16)13-23-25(32)30(26(33)36-23)14-24(31)29-20-5-3-2-4-19(20)27/h2-13H,14-15H2,1H3,(H,29,31)/b23-13-. The highest BCUT2D eigenvalue weighted by Gasteiger charge is 2.36. The van der Waals surface area contributed by atoms with Gasteiger partial charge in [0.05, 0.1) is 17.7 Å². The van der Waals surface area contributed by atoms with E-state index in [0.717, 1.165) is 22.2 Å². The largest absolute Gasteiger partial charge is 0.493 e. The summed E-state index contributed by atoms with van der Waals surface area (Å²) < 4.78 is 25.0. The van der Waals surface area contributed by atoms with Gasteiger partial charge in [-0.1, -0.05) is 30.3 Å². The molecule has 184 valence electrons. The lowest BCUT2D eigenvalue weighted by Crippen LogP contribution is -2.36. The molecule has 3 aromatic carbocycles. The minimum absolute atomic E-state index is 0.190. The van der Waals surface area contributed by atoms with E-state index in [9.17, 15) is 18.8 Å². The van der Waals surface area contributed by atoms with Crippen LogP contribution in [0.5, 0.6) is 11.5 Å². The molecule has 0 aliphatic carbocycles. The van der Waals surface area contributed by atoms with Crippen LogP contribution in [0.25, 0.3) is 6.08 Å². The van der Waals surface area contributed by atoms with E-state index >= 15 is 0 Å². The van der Waals surface area contributed by atoms with Crippen molar-refractivity contribution >= 4 is 56.5 Å². The van der Waals surface area contributed by atoms with Crippen LogP contribution in [0.15, 0.2) is 76.1 Å². The molecular weight excluding hydrogens is 551 g/mol. The molecule has 0 spiro atoms. The Kier molecular flexibility index (Phi) is 8.07. The van der Waals surface area contributed by atoms with Crippen LogP contribution in [0, 0.1) is 5.82 Å². The van der Waals surface area contributed by atoms with Crippen molar-refractivity contribution in [1.29, 1.82) is 0 Å². The number of hydrogen-bond donors (Lipinski definition) is 1. The molecule has 0 bridgehead atoms. The summed E-state index contributed by atoms with van der Waals surface area (Å²) in [7, 11) is 1.49. The second-order valence-corrected chi connectivity index (χ2v) is 9.47. The molecule has 0 radical (unpaired) electrons. The molecule has 7 nitrogen and oxygen atoms in total. The predicted molar refractivity (Wildman–Crippen MR) is 139 cm³/mol. The molecule has 3 amide bonds. The van der Waals surface area contributed by atoms with Crippen LogP contribution in [-0.4, -0.2) is 35.6 Å². The summed E-state index contributed by atoms with van der Waals surface area (Å²) in [5, 5.41) is 2.15. The number of nitrogens with zero attached hydrogens (tertiary/aromatic N) is 1. The average Bonchev–Trinajstić information content (AvgIpc) is 3.12. The summed E-state index contributed by atoms with van der Waals surface area (Å²) in [6.45, 7) is -0.181. The minimum atomic E-state index is -0.553. The Morgan fingerprint density at radius 2 is 1.83 bits per heavy atom. The summed E-state index contributed by atoms with van der Waals surface area (Å²) in [5.74, 6) is -0.471. The van der Waals surface area contributed by atoms with Crippen LogP contribution >= 0.6 is 27.7 Å². The van der Waals surface area contributed by atoms with Crippen molar-refractivity contribution in [3.8, 4) is 11.5 Å². The Labute approximate surface area is 219 Å². The fourth-order valence-electron chi connectivity index (χ4n) is 3.32. The van der Waals surface area contributed by atoms with Crippen molar-refractivity contribution in [2.24, 2.45) is 0 Å². The Balaban J connectivity index is 1.43. The van der Waals surface area contributed by atoms with Crippen molar-refractivity contribution in [2.45, 2.75) is 6.61 Å². The third-order valence-corrected chi connectivity index (χ3v) is 6.72. The van der Waals surface area contributed by atoms with Crippen molar-refractivity contribution in [3.63, 3.8) is 0 Å². The van der Waals surface area contributed by atoms with Crippen molar-refractivity contribution in [1.82, 2.24) is 4.90 Å². The number of amides is 3. The first-order valence-corrected chi connectivity index (χ1v) is 12.3. The van der Waals surface area contributed by atoms with Gasteiger partial charge < -0.3 is 14.8 Å². The molecule has 36 heavy (non-hydrogen) atoms. The van der Waals surface area contributed by atoms with E-state index in [1.54, 1.807) is 60.7 Å². The van der Waals surface area contributed by atoms with Crippen molar-refractivity contribution in [3.05, 3.63) is 93.1 Å². The van der Waals surface area contributed by atoms with E-state index < -0.39 is 23.6 Å². The van der Waals surface area contributed by atoms with Crippen molar-refractivity contribution in [2.75, 3.05) is 19.0 Å². The van der Waals surface area contributed by atoms with Gasteiger partial charge in [-0.25, -0.2) is 4.39 Å². The number of hydrogen-bond acceptors (Lipinski definition) is 6. The number of thioether (sulfide) groups is 1. The van der Waals surface area contributed by atoms with E-state index in [1.165, 1.54) is 19.2 Å². The maximum absolute atomic E-state index is 13.1. The van der Waals surface area contributed by atoms with Crippen LogP contribution in [-0.2, 0) is 16.2 Å². The van der Waals surface area contributed by atoms with Crippen LogP contribution in [0.4, 0.5) is 14.9 Å². The van der Waals surface area contributed by atoms with E-state index in [0.29, 0.717) is 27.2 Å². The second kappa shape index (κ2) is 11.4. The predicted octanol–water partition coefficient (Wildman–Crippen LogP) is 5.85. The lowest BCUT2D eigenvalue weighted by atomic mass is 10.1. The molecule has 0 atom stereocenters. The fraction of sp³-hybridized carbons (Fsp3) is 0.115. The van der Waals surface area contributed by atoms with E-state index in [4.69, 9.17) is 9.47 Å². The van der Waals surface area contributed by atoms with Gasteiger partial charge in [0.1, 0.15) is 19.0 Å². The molecular formula is C26H20BrFN2O5S. The third kappa shape index (κ3) is 6.13. The van der Waals surface area contributed by atoms with Gasteiger partial charge >= 0.3 is 0 Å². The number of rotatable bonds is 8. The van der Waals surface area contributed by atoms with Crippen LogP contribution < -0.4 is 14.8 Å². The summed E-state index contributed by atoms with van der Waals surface area (Å²) in [6.07, 6.45) is 1.56. The monoisotopic (exact) mass is 570 g/mol. The topological polar surface area (TPSA) is 84.9 Å². The highest BCUT2D eigenvalue weighted by Crippen LogP contribution is 2.35. The quantitative estimate of drug-likeness (QED) is 0.342. The van der Waals surface area contributed by atoms with Gasteiger partial charge in [0, 0.05) is 4.47 Å². The molecule has 0 unspecified atom stereocenters. The summed E-state index contributed by atoms with van der Waals surface area (Å²) >= 11 is 4.10. The van der Waals surface area contributed by atoms with Crippen LogP contribution in [0.1, 0.15) is 11.1 Å². The third-order valence-electron chi connectivity index (χ3n) is 5.12. The number of carbonyl (C=O) groups is 3. The molecule has 3 aromatic rings. The van der Waals surface area contributed by atoms with Gasteiger partial charge in [0.25, 0.3) is 11.1 Å². The second-order valence-electron chi connectivity index (χ2n) is 7.62. The Morgan fingerprint density at radius 1 is 1.08 bits per heavy atom. The number of ether oxygens (including phenoxy) is 2. The van der Waals surface area contributed by atoms with E-state index in [-0.39, 0.29) is 17.3 Å². The van der Waals surface area contributed by atoms with Crippen LogP contribution in [0.2, 0.25) is 0 Å². The first-order valence-electron chi connectivity index (χ1n) is 10.7. The van der Waals surface area contributed by atoms with Crippen LogP contribution in [0.3, 0.4) is 0 Å². The molecule has 1 heterocycles. The number of anilines is 1. The highest BCUT2D eigenvalue weighted by atomic mass is 79.9. The van der Waals surface area contributed by atoms with E-state index in [1.807, 2.05) is 0 Å². The zero-order valence-corrected chi connectivity index (χ0v) is 21.4. The molecule has 1 fully saturated rings. The van der Waals surface area contributed by atoms with Gasteiger partial charge in [0.15, 0.2) is 11.5 Å². The molecule has 1 aliphatic heterocycles. The number of nitrogens with one attached hydrogen (secondary N) is 1. The maximum atomic E-state index is 13.1. The number of halogens is 2. The highest BCUT2D eigenvalue weighted by molar-refractivity contribution is 9.10. The first-order chi connectivity index (χ1) is 17.3. The number of carbonyl (C=O) groups excluding carboxylic acids is 3. The molecule has 4 rings (SSSR count). The molecule has 1 saturated heterocycles. The zero-order chi connectivity index (χ0) is 25.7. The van der Waals surface area contributed by atoms with Gasteiger partial charge in [-0.05, 0) is 81.3 Å². The number of methoxy groups -OCH3 is 1. The molecule has 0 aromatic heterocycles. The fourth-order valence-corrected chi connectivity index (χ4v) is 4.54. The minimum Gasteiger partial charge on any atom is -0.493 e. The van der Waals surface area contributed by atoms with Gasteiger partial charge in [0.2, 0.25) is 5.91 Å². The SMILES string of the molecule is COc1cc(/C=C2\SC(=O)N(CC(=O)Nc3ccccc3Br)C2=O)ccc1OCc1ccc(F)cc1. The molecule has 0 saturated carbocycles. The molecule has 1 N–H and O–H groups in total. The van der Waals surface area contributed by atoms with Crippen molar-refractivity contribution < 1.29 is 28.2 Å². The normalized spacial score (nSPS) is 14.3. The summed E-state index contributed by atoms with van der Waals surface area (Å²) in [5.41, 5.74) is 1.95. The maximum Gasteiger partial charge on any atom is 0.294 e. The molecule has 1 aliphatic rings.